The maximum Gasteiger partial charge on any atom is 0.0233 e. The molecule has 2 nitrogen and oxygen atoms in total. The van der Waals surface area contributed by atoms with Gasteiger partial charge in [0, 0.05) is 13.1 Å². The Morgan fingerprint density at radius 3 is 1.12 bits per heavy atom. The summed E-state index contributed by atoms with van der Waals surface area (Å²) in [6.45, 7) is 16.1. The molecule has 0 aromatic heterocycles. The van der Waals surface area contributed by atoms with Crippen LogP contribution < -0.4 is 0 Å². The summed E-state index contributed by atoms with van der Waals surface area (Å²) in [6, 6.07) is 18.5. The molecule has 0 saturated heterocycles. The Morgan fingerprint density at radius 2 is 0.812 bits per heavy atom. The van der Waals surface area contributed by atoms with E-state index in [1.165, 1.54) is 99.8 Å². The fraction of sp³-hybridized carbons (Fsp3) is 0.600. The van der Waals surface area contributed by atoms with Crippen LogP contribution in [-0.4, -0.2) is 36.0 Å². The molecule has 0 spiro atoms. The molecule has 0 aliphatic heterocycles. The van der Waals surface area contributed by atoms with Crippen LogP contribution in [0.4, 0.5) is 0 Å². The lowest BCUT2D eigenvalue weighted by atomic mass is 10.0. The first-order valence-electron chi connectivity index (χ1n) is 13.3. The average molecular weight is 437 g/mol. The molecule has 0 unspecified atom stereocenters. The van der Waals surface area contributed by atoms with E-state index in [0.29, 0.717) is 0 Å². The van der Waals surface area contributed by atoms with Gasteiger partial charge in [-0.05, 0) is 74.1 Å². The second-order valence-corrected chi connectivity index (χ2v) is 9.36. The molecule has 0 bridgehead atoms. The Morgan fingerprint density at radius 1 is 0.438 bits per heavy atom. The molecule has 0 radical (unpaired) electrons. The lowest BCUT2D eigenvalue weighted by Crippen LogP contribution is -2.25. The van der Waals surface area contributed by atoms with Crippen LogP contribution >= 0.6 is 0 Å². The van der Waals surface area contributed by atoms with Crippen LogP contribution in [0.2, 0.25) is 0 Å². The van der Waals surface area contributed by atoms with Crippen LogP contribution in [0.3, 0.4) is 0 Å². The van der Waals surface area contributed by atoms with Gasteiger partial charge in [0.1, 0.15) is 0 Å². The molecule has 2 rings (SSSR count). The normalized spacial score (nSPS) is 11.6. The minimum Gasteiger partial charge on any atom is -0.299 e. The Balaban J connectivity index is 1.94. The molecule has 0 N–H and O–H groups in total. The number of unbranched alkanes of at least 4 members (excludes halogenated alkanes) is 4. The second-order valence-electron chi connectivity index (χ2n) is 9.36. The first-order valence-corrected chi connectivity index (χ1v) is 13.3. The van der Waals surface area contributed by atoms with Crippen molar-refractivity contribution in [2.45, 2.75) is 92.2 Å². The van der Waals surface area contributed by atoms with Gasteiger partial charge < -0.3 is 0 Å². The first-order chi connectivity index (χ1) is 15.7. The molecule has 2 aromatic carbocycles. The maximum atomic E-state index is 2.61. The third kappa shape index (κ3) is 9.88. The molecule has 0 aliphatic carbocycles. The van der Waals surface area contributed by atoms with Crippen LogP contribution in [0.1, 0.15) is 90.2 Å². The summed E-state index contributed by atoms with van der Waals surface area (Å²) < 4.78 is 0. The Kier molecular flexibility index (Phi) is 13.3. The molecule has 0 aliphatic rings. The predicted molar refractivity (Wildman–Crippen MR) is 142 cm³/mol. The second kappa shape index (κ2) is 16.0. The lowest BCUT2D eigenvalue weighted by Gasteiger charge is -2.22. The third-order valence-corrected chi connectivity index (χ3v) is 6.29. The van der Waals surface area contributed by atoms with E-state index >= 15 is 0 Å². The lowest BCUT2D eigenvalue weighted by molar-refractivity contribution is 0.260. The molecule has 0 amide bonds. The van der Waals surface area contributed by atoms with E-state index in [1.807, 2.05) is 0 Å². The zero-order chi connectivity index (χ0) is 23.0. The van der Waals surface area contributed by atoms with Crippen molar-refractivity contribution in [3.63, 3.8) is 0 Å². The highest BCUT2D eigenvalue weighted by Crippen LogP contribution is 2.22. The van der Waals surface area contributed by atoms with Gasteiger partial charge in [-0.15, -0.1) is 0 Å². The van der Waals surface area contributed by atoms with Gasteiger partial charge >= 0.3 is 0 Å². The van der Waals surface area contributed by atoms with E-state index in [1.54, 1.807) is 0 Å². The Labute approximate surface area is 199 Å². The van der Waals surface area contributed by atoms with E-state index in [9.17, 15) is 0 Å². The van der Waals surface area contributed by atoms with Crippen molar-refractivity contribution in [2.24, 2.45) is 0 Å². The molecule has 0 heterocycles. The maximum absolute atomic E-state index is 2.61. The van der Waals surface area contributed by atoms with E-state index in [-0.39, 0.29) is 0 Å². The standard InChI is InChI=1S/C30H48N2/c1-5-9-11-23-31(21-7-3)25-27-13-17-29(18-14-27)30-19-15-28(16-20-30)26-32(22-8-4)24-12-10-6-2/h13-20H,5-12,21-26H2,1-4H3. The quantitative estimate of drug-likeness (QED) is 0.231. The highest BCUT2D eigenvalue weighted by atomic mass is 15.1. The van der Waals surface area contributed by atoms with E-state index in [2.05, 4.69) is 86.0 Å². The van der Waals surface area contributed by atoms with E-state index in [0.717, 1.165) is 13.1 Å². The van der Waals surface area contributed by atoms with Gasteiger partial charge in [-0.3, -0.25) is 9.80 Å². The van der Waals surface area contributed by atoms with Crippen molar-refractivity contribution in [2.75, 3.05) is 26.2 Å². The number of hydrogen-bond donors (Lipinski definition) is 0. The van der Waals surface area contributed by atoms with E-state index in [4.69, 9.17) is 0 Å². The topological polar surface area (TPSA) is 6.48 Å². The fourth-order valence-electron chi connectivity index (χ4n) is 4.46. The highest BCUT2D eigenvalue weighted by Gasteiger charge is 2.07. The van der Waals surface area contributed by atoms with Crippen LogP contribution in [0.25, 0.3) is 11.1 Å². The summed E-state index contributed by atoms with van der Waals surface area (Å²) in [7, 11) is 0. The number of nitrogens with zero attached hydrogens (tertiary/aromatic N) is 2. The summed E-state index contributed by atoms with van der Waals surface area (Å²) in [5, 5.41) is 0. The van der Waals surface area contributed by atoms with Crippen LogP contribution in [0.15, 0.2) is 48.5 Å². The largest absolute Gasteiger partial charge is 0.299 e. The molecule has 178 valence electrons. The summed E-state index contributed by atoms with van der Waals surface area (Å²) in [6.07, 6.45) is 10.3. The Hall–Kier alpha value is -1.64. The Bertz CT molecular complexity index is 641. The minimum absolute atomic E-state index is 1.07. The molecule has 2 aromatic rings. The number of hydrogen-bond acceptors (Lipinski definition) is 2. The fourth-order valence-corrected chi connectivity index (χ4v) is 4.46. The smallest absolute Gasteiger partial charge is 0.0233 e. The summed E-state index contributed by atoms with van der Waals surface area (Å²) in [5.41, 5.74) is 5.50. The highest BCUT2D eigenvalue weighted by molar-refractivity contribution is 5.63. The van der Waals surface area contributed by atoms with Gasteiger partial charge in [0.15, 0.2) is 0 Å². The van der Waals surface area contributed by atoms with Crippen molar-refractivity contribution in [3.8, 4) is 11.1 Å². The zero-order valence-corrected chi connectivity index (χ0v) is 21.4. The minimum atomic E-state index is 1.07. The summed E-state index contributed by atoms with van der Waals surface area (Å²) in [4.78, 5) is 5.23. The summed E-state index contributed by atoms with van der Waals surface area (Å²) in [5.74, 6) is 0. The van der Waals surface area contributed by atoms with Crippen LogP contribution in [0, 0.1) is 0 Å². The van der Waals surface area contributed by atoms with Crippen molar-refractivity contribution >= 4 is 0 Å². The van der Waals surface area contributed by atoms with Crippen molar-refractivity contribution < 1.29 is 0 Å². The van der Waals surface area contributed by atoms with Crippen molar-refractivity contribution in [1.29, 1.82) is 0 Å². The SMILES string of the molecule is CCCCCN(CCC)Cc1ccc(-c2ccc(CN(CCC)CCCCC)cc2)cc1. The average Bonchev–Trinajstić information content (AvgIpc) is 2.81. The van der Waals surface area contributed by atoms with Crippen molar-refractivity contribution in [1.82, 2.24) is 9.80 Å². The predicted octanol–water partition coefficient (Wildman–Crippen LogP) is 8.16. The molecule has 0 atom stereocenters. The molecular formula is C30H48N2. The van der Waals surface area contributed by atoms with Gasteiger partial charge in [0.2, 0.25) is 0 Å². The third-order valence-electron chi connectivity index (χ3n) is 6.29. The molecular weight excluding hydrogens is 388 g/mol. The zero-order valence-electron chi connectivity index (χ0n) is 21.4. The van der Waals surface area contributed by atoms with Gasteiger partial charge in [0.05, 0.1) is 0 Å². The molecule has 0 saturated carbocycles. The van der Waals surface area contributed by atoms with Gasteiger partial charge in [-0.2, -0.15) is 0 Å². The molecule has 32 heavy (non-hydrogen) atoms. The van der Waals surface area contributed by atoms with Gasteiger partial charge in [0.25, 0.3) is 0 Å². The summed E-state index contributed by atoms with van der Waals surface area (Å²) >= 11 is 0. The first kappa shape index (κ1) is 26.6. The van der Waals surface area contributed by atoms with Crippen molar-refractivity contribution in [3.05, 3.63) is 59.7 Å². The van der Waals surface area contributed by atoms with Gasteiger partial charge in [-0.25, -0.2) is 0 Å². The van der Waals surface area contributed by atoms with Crippen LogP contribution in [-0.2, 0) is 13.1 Å². The van der Waals surface area contributed by atoms with Crippen LogP contribution in [0.5, 0.6) is 0 Å². The van der Waals surface area contributed by atoms with E-state index < -0.39 is 0 Å². The molecule has 2 heteroatoms. The van der Waals surface area contributed by atoms with Gasteiger partial charge in [-0.1, -0.05) is 102 Å². The monoisotopic (exact) mass is 436 g/mol. The number of benzene rings is 2. The number of rotatable bonds is 17. The molecule has 0 fully saturated rings.